The zero-order valence-corrected chi connectivity index (χ0v) is 16.7. The Kier molecular flexibility index (Phi) is 6.76. The molecule has 1 aromatic carbocycles. The van der Waals surface area contributed by atoms with Gasteiger partial charge in [0.15, 0.2) is 5.69 Å². The molecule has 0 fully saturated rings. The minimum absolute atomic E-state index is 0.0387. The summed E-state index contributed by atoms with van der Waals surface area (Å²) in [6.07, 6.45) is 0. The zero-order chi connectivity index (χ0) is 20.1. The van der Waals surface area contributed by atoms with Gasteiger partial charge >= 0.3 is 5.76 Å². The van der Waals surface area contributed by atoms with E-state index in [1.807, 2.05) is 0 Å². The summed E-state index contributed by atoms with van der Waals surface area (Å²) < 4.78 is 30.5. The Morgan fingerprint density at radius 1 is 1.39 bits per heavy atom. The molecule has 3 rings (SSSR count). The smallest absolute Gasteiger partial charge is 0.364 e. The molecule has 0 atom stereocenters. The topological polar surface area (TPSA) is 150 Å². The minimum Gasteiger partial charge on any atom is -0.364 e. The molecular formula is C13H14BrFN8O4S. The van der Waals surface area contributed by atoms with E-state index in [4.69, 9.17) is 19.3 Å². The van der Waals surface area contributed by atoms with E-state index in [2.05, 4.69) is 42.2 Å². The summed E-state index contributed by atoms with van der Waals surface area (Å²) in [7, 11) is 1.62. The maximum atomic E-state index is 13.5. The van der Waals surface area contributed by atoms with Gasteiger partial charge in [-0.15, -0.1) is 0 Å². The van der Waals surface area contributed by atoms with Gasteiger partial charge < -0.3 is 5.32 Å². The number of hydrazine groups is 1. The van der Waals surface area contributed by atoms with E-state index < -0.39 is 11.6 Å². The monoisotopic (exact) mass is 476 g/mol. The maximum Gasteiger partial charge on any atom is 0.446 e. The predicted molar refractivity (Wildman–Crippen MR) is 100 cm³/mol. The Balaban J connectivity index is 1.76. The van der Waals surface area contributed by atoms with E-state index in [1.54, 1.807) is 7.05 Å². The molecular weight excluding hydrogens is 463 g/mol. The van der Waals surface area contributed by atoms with Crippen molar-refractivity contribution in [3.05, 3.63) is 39.0 Å². The maximum absolute atomic E-state index is 13.5. The van der Waals surface area contributed by atoms with Crippen molar-refractivity contribution in [3.8, 4) is 17.2 Å². The molecule has 4 N–H and O–H groups in total. The largest absolute Gasteiger partial charge is 0.446 e. The van der Waals surface area contributed by atoms with Crippen molar-refractivity contribution in [1.82, 2.24) is 29.9 Å². The van der Waals surface area contributed by atoms with Crippen LogP contribution in [-0.2, 0) is 4.28 Å². The van der Waals surface area contributed by atoms with Crippen LogP contribution in [0.2, 0.25) is 0 Å². The number of benzene rings is 1. The number of halogens is 2. The summed E-state index contributed by atoms with van der Waals surface area (Å²) in [4.78, 5) is 12.1. The molecule has 0 spiro atoms. The van der Waals surface area contributed by atoms with Crippen LogP contribution in [0.4, 0.5) is 10.2 Å². The normalized spacial score (nSPS) is 11.3. The highest BCUT2D eigenvalue weighted by atomic mass is 79.9. The van der Waals surface area contributed by atoms with E-state index >= 15 is 0 Å². The van der Waals surface area contributed by atoms with Gasteiger partial charge in [-0.05, 0) is 44.4 Å². The number of hydrogen-bond acceptors (Lipinski definition) is 12. The summed E-state index contributed by atoms with van der Waals surface area (Å²) in [6.45, 7) is 0.768. The lowest BCUT2D eigenvalue weighted by Gasteiger charge is -2.08. The quantitative estimate of drug-likeness (QED) is 0.133. The molecule has 2 aromatic heterocycles. The Labute approximate surface area is 169 Å². The Bertz CT molecular complexity index is 993. The first-order valence-corrected chi connectivity index (χ1v) is 9.12. The molecule has 0 radical (unpaired) electrons. The van der Waals surface area contributed by atoms with Gasteiger partial charge in [0.1, 0.15) is 18.0 Å². The van der Waals surface area contributed by atoms with Gasteiger partial charge in [0.05, 0.1) is 10.2 Å². The first-order chi connectivity index (χ1) is 13.5. The van der Waals surface area contributed by atoms with Gasteiger partial charge in [-0.1, -0.05) is 5.16 Å². The molecule has 0 saturated heterocycles. The van der Waals surface area contributed by atoms with Crippen molar-refractivity contribution < 1.29 is 17.8 Å². The van der Waals surface area contributed by atoms with Crippen molar-refractivity contribution in [2.24, 2.45) is 5.84 Å². The number of aromatic nitrogens is 4. The molecule has 12 nitrogen and oxygen atoms in total. The molecule has 0 unspecified atom stereocenters. The summed E-state index contributed by atoms with van der Waals surface area (Å²) in [5.74, 6) is 4.38. The SMILES string of the molecule is CN(N)SONCCNc1nonc1-c1noc(=O)n1-c1ccc(F)c(Br)c1. The van der Waals surface area contributed by atoms with Crippen LogP contribution in [0.15, 0.2) is 36.6 Å². The Morgan fingerprint density at radius 2 is 2.21 bits per heavy atom. The van der Waals surface area contributed by atoms with E-state index in [9.17, 15) is 9.18 Å². The molecule has 0 bridgehead atoms. The van der Waals surface area contributed by atoms with Crippen LogP contribution in [0.25, 0.3) is 17.2 Å². The highest BCUT2D eigenvalue weighted by Crippen LogP contribution is 2.25. The van der Waals surface area contributed by atoms with Crippen LogP contribution >= 0.6 is 28.2 Å². The van der Waals surface area contributed by atoms with Gasteiger partial charge in [0.25, 0.3) is 0 Å². The second-order valence-corrected chi connectivity index (χ2v) is 6.94. The van der Waals surface area contributed by atoms with Crippen molar-refractivity contribution in [1.29, 1.82) is 0 Å². The van der Waals surface area contributed by atoms with Crippen LogP contribution in [0.3, 0.4) is 0 Å². The first-order valence-electron chi connectivity index (χ1n) is 7.63. The highest BCUT2D eigenvalue weighted by Gasteiger charge is 2.23. The number of nitrogens with two attached hydrogens (primary N) is 1. The van der Waals surface area contributed by atoms with Crippen molar-refractivity contribution in [3.63, 3.8) is 0 Å². The third-order valence-corrected chi connectivity index (χ3v) is 4.23. The lowest BCUT2D eigenvalue weighted by atomic mass is 10.3. The average Bonchev–Trinajstić information content (AvgIpc) is 3.26. The third-order valence-electron chi connectivity index (χ3n) is 3.20. The van der Waals surface area contributed by atoms with Crippen LogP contribution < -0.4 is 22.4 Å². The second-order valence-electron chi connectivity index (χ2n) is 5.19. The molecule has 0 saturated carbocycles. The Morgan fingerprint density at radius 3 is 2.96 bits per heavy atom. The highest BCUT2D eigenvalue weighted by molar-refractivity contribution is 9.10. The number of hydroxylamine groups is 1. The predicted octanol–water partition coefficient (Wildman–Crippen LogP) is 1.08. The number of rotatable bonds is 9. The first kappa shape index (κ1) is 20.4. The lowest BCUT2D eigenvalue weighted by Crippen LogP contribution is -2.25. The van der Waals surface area contributed by atoms with Crippen LogP contribution in [0.1, 0.15) is 0 Å². The van der Waals surface area contributed by atoms with Gasteiger partial charge in [0, 0.05) is 20.1 Å². The number of nitrogens with zero attached hydrogens (tertiary/aromatic N) is 5. The fourth-order valence-electron chi connectivity index (χ4n) is 2.06. The number of nitrogens with one attached hydrogen (secondary N) is 2. The molecule has 28 heavy (non-hydrogen) atoms. The number of hydrogen-bond donors (Lipinski definition) is 3. The van der Waals surface area contributed by atoms with E-state index in [0.717, 1.165) is 16.8 Å². The molecule has 2 heterocycles. The van der Waals surface area contributed by atoms with Crippen molar-refractivity contribution in [2.45, 2.75) is 0 Å². The van der Waals surface area contributed by atoms with E-state index in [0.29, 0.717) is 18.8 Å². The fourth-order valence-corrected chi connectivity index (χ4v) is 2.68. The van der Waals surface area contributed by atoms with Gasteiger partial charge in [-0.2, -0.15) is 9.89 Å². The average molecular weight is 477 g/mol. The summed E-state index contributed by atoms with van der Waals surface area (Å²) in [5.41, 5.74) is 3.12. The molecule has 0 amide bonds. The number of anilines is 1. The van der Waals surface area contributed by atoms with Crippen LogP contribution in [-0.4, -0.2) is 44.6 Å². The third kappa shape index (κ3) is 4.75. The van der Waals surface area contributed by atoms with Crippen LogP contribution in [0.5, 0.6) is 0 Å². The molecule has 0 aliphatic heterocycles. The van der Waals surface area contributed by atoms with Crippen molar-refractivity contribution >= 4 is 34.0 Å². The van der Waals surface area contributed by atoms with Crippen molar-refractivity contribution in [2.75, 3.05) is 25.5 Å². The van der Waals surface area contributed by atoms with Gasteiger partial charge in [0.2, 0.25) is 11.6 Å². The standard InChI is InChI=1S/C13H14BrFN8O4S/c1-22(16)28-27-18-5-4-17-11-10(19-26-20-11)12-21-25-13(24)23(12)7-2-3-9(15)8(14)6-7/h2-3,6,18H,4-5,16H2,1H3,(H,17,20). The van der Waals surface area contributed by atoms with Gasteiger partial charge in [-0.25, -0.2) is 22.7 Å². The molecule has 0 aliphatic carbocycles. The molecule has 150 valence electrons. The molecule has 15 heteroatoms. The Hall–Kier alpha value is -2.30. The lowest BCUT2D eigenvalue weighted by molar-refractivity contribution is 0.231. The van der Waals surface area contributed by atoms with Crippen LogP contribution in [0, 0.1) is 5.82 Å². The summed E-state index contributed by atoms with van der Waals surface area (Å²) in [5, 5.41) is 14.2. The van der Waals surface area contributed by atoms with E-state index in [-0.39, 0.29) is 21.8 Å². The summed E-state index contributed by atoms with van der Waals surface area (Å²) in [6, 6.07) is 4.01. The van der Waals surface area contributed by atoms with Gasteiger partial charge in [-0.3, -0.25) is 10.4 Å². The molecule has 3 aromatic rings. The molecule has 0 aliphatic rings. The fraction of sp³-hybridized carbons (Fsp3) is 0.231. The summed E-state index contributed by atoms with van der Waals surface area (Å²) >= 11 is 3.99. The van der Waals surface area contributed by atoms with E-state index in [1.165, 1.54) is 22.6 Å². The minimum atomic E-state index is -0.777. The zero-order valence-electron chi connectivity index (χ0n) is 14.3. The second kappa shape index (κ2) is 9.26.